The first-order valence-corrected chi connectivity index (χ1v) is 6.48. The molecule has 1 aliphatic carbocycles. The summed E-state index contributed by atoms with van der Waals surface area (Å²) in [4.78, 5) is 26.8. The Labute approximate surface area is 112 Å². The zero-order chi connectivity index (χ0) is 13.8. The zero-order valence-electron chi connectivity index (χ0n) is 10.9. The highest BCUT2D eigenvalue weighted by Crippen LogP contribution is 2.25. The molecule has 1 aliphatic rings. The number of hydrogen-bond acceptors (Lipinski definition) is 3. The van der Waals surface area contributed by atoms with Gasteiger partial charge in [0.1, 0.15) is 0 Å². The van der Waals surface area contributed by atoms with E-state index in [1.807, 2.05) is 19.1 Å². The maximum Gasteiger partial charge on any atom is 0.306 e. The fourth-order valence-corrected chi connectivity index (χ4v) is 2.40. The van der Waals surface area contributed by atoms with Gasteiger partial charge >= 0.3 is 5.97 Å². The van der Waals surface area contributed by atoms with Gasteiger partial charge in [-0.2, -0.15) is 0 Å². The van der Waals surface area contributed by atoms with Crippen molar-refractivity contribution >= 4 is 11.9 Å². The van der Waals surface area contributed by atoms with Crippen LogP contribution in [0, 0.1) is 12.8 Å². The fourth-order valence-electron chi connectivity index (χ4n) is 2.40. The van der Waals surface area contributed by atoms with Crippen LogP contribution in [0.1, 0.15) is 30.5 Å². The van der Waals surface area contributed by atoms with E-state index in [2.05, 4.69) is 10.3 Å². The van der Waals surface area contributed by atoms with E-state index in [-0.39, 0.29) is 17.9 Å². The summed E-state index contributed by atoms with van der Waals surface area (Å²) < 4.78 is 0. The molecule has 5 nitrogen and oxygen atoms in total. The lowest BCUT2D eigenvalue weighted by Gasteiger charge is -2.12. The molecule has 2 N–H and O–H groups in total. The van der Waals surface area contributed by atoms with Crippen molar-refractivity contribution in [3.05, 3.63) is 29.6 Å². The number of amides is 1. The Morgan fingerprint density at radius 2 is 2.21 bits per heavy atom. The second-order valence-electron chi connectivity index (χ2n) is 5.10. The number of hydrogen-bond donors (Lipinski definition) is 2. The number of aliphatic carboxylic acids is 1. The van der Waals surface area contributed by atoms with E-state index in [0.29, 0.717) is 19.3 Å². The molecule has 102 valence electrons. The van der Waals surface area contributed by atoms with Crippen molar-refractivity contribution in [2.75, 3.05) is 0 Å². The maximum atomic E-state index is 11.8. The van der Waals surface area contributed by atoms with Crippen molar-refractivity contribution in [3.8, 4) is 0 Å². The number of nitrogens with one attached hydrogen (secondary N) is 1. The lowest BCUT2D eigenvalue weighted by Crippen LogP contribution is -2.34. The first kappa shape index (κ1) is 13.5. The van der Waals surface area contributed by atoms with Crippen molar-refractivity contribution in [2.45, 2.75) is 38.6 Å². The third-order valence-corrected chi connectivity index (χ3v) is 3.48. The summed E-state index contributed by atoms with van der Waals surface area (Å²) in [6.07, 6.45) is 3.92. The van der Waals surface area contributed by atoms with Crippen LogP contribution in [0.3, 0.4) is 0 Å². The van der Waals surface area contributed by atoms with Crippen molar-refractivity contribution in [3.63, 3.8) is 0 Å². The van der Waals surface area contributed by atoms with Crippen LogP contribution in [-0.4, -0.2) is 28.0 Å². The SMILES string of the molecule is Cc1ccc(CC(=O)N[C@H]2CC[C@@H](C(=O)O)C2)cn1. The lowest BCUT2D eigenvalue weighted by atomic mass is 10.1. The van der Waals surface area contributed by atoms with Gasteiger partial charge in [-0.25, -0.2) is 0 Å². The van der Waals surface area contributed by atoms with Gasteiger partial charge in [-0.1, -0.05) is 6.07 Å². The summed E-state index contributed by atoms with van der Waals surface area (Å²) >= 11 is 0. The van der Waals surface area contributed by atoms with Gasteiger partial charge in [0, 0.05) is 17.9 Å². The summed E-state index contributed by atoms with van der Waals surface area (Å²) in [5.74, 6) is -1.15. The number of carboxylic acids is 1. The molecule has 0 radical (unpaired) electrons. The number of nitrogens with zero attached hydrogens (tertiary/aromatic N) is 1. The molecule has 0 bridgehead atoms. The molecule has 0 spiro atoms. The molecule has 1 saturated carbocycles. The molecule has 1 fully saturated rings. The standard InChI is InChI=1S/C14H18N2O3/c1-9-2-3-10(8-15-9)6-13(17)16-12-5-4-11(7-12)14(18)19/h2-3,8,11-12H,4-7H2,1H3,(H,16,17)(H,18,19)/t11-,12+/m1/s1. The van der Waals surface area contributed by atoms with Crippen molar-refractivity contribution in [1.82, 2.24) is 10.3 Å². The highest BCUT2D eigenvalue weighted by atomic mass is 16.4. The van der Waals surface area contributed by atoms with Crippen LogP contribution >= 0.6 is 0 Å². The van der Waals surface area contributed by atoms with Gasteiger partial charge in [0.05, 0.1) is 12.3 Å². The number of carboxylic acid groups (broad SMARTS) is 1. The third-order valence-electron chi connectivity index (χ3n) is 3.48. The van der Waals surface area contributed by atoms with Crippen molar-refractivity contribution < 1.29 is 14.7 Å². The highest BCUT2D eigenvalue weighted by molar-refractivity contribution is 5.79. The highest BCUT2D eigenvalue weighted by Gasteiger charge is 2.30. The van der Waals surface area contributed by atoms with Gasteiger partial charge in [-0.3, -0.25) is 14.6 Å². The smallest absolute Gasteiger partial charge is 0.306 e. The Morgan fingerprint density at radius 1 is 1.42 bits per heavy atom. The molecule has 2 atom stereocenters. The molecule has 0 aromatic carbocycles. The minimum Gasteiger partial charge on any atom is -0.481 e. The second-order valence-corrected chi connectivity index (χ2v) is 5.10. The van der Waals surface area contributed by atoms with Gasteiger partial charge in [-0.05, 0) is 37.8 Å². The van der Waals surface area contributed by atoms with Crippen LogP contribution in [0.2, 0.25) is 0 Å². The van der Waals surface area contributed by atoms with E-state index >= 15 is 0 Å². The number of aryl methyl sites for hydroxylation is 1. The maximum absolute atomic E-state index is 11.8. The summed E-state index contributed by atoms with van der Waals surface area (Å²) in [6, 6.07) is 3.75. The van der Waals surface area contributed by atoms with Crippen LogP contribution in [0.5, 0.6) is 0 Å². The predicted octanol–water partition coefficient (Wildman–Crippen LogP) is 1.30. The number of rotatable bonds is 4. The van der Waals surface area contributed by atoms with Crippen LogP contribution in [-0.2, 0) is 16.0 Å². The van der Waals surface area contributed by atoms with E-state index in [1.54, 1.807) is 6.20 Å². The Hall–Kier alpha value is -1.91. The molecular weight excluding hydrogens is 244 g/mol. The summed E-state index contributed by atoms with van der Waals surface area (Å²) in [5.41, 5.74) is 1.79. The first-order chi connectivity index (χ1) is 9.04. The van der Waals surface area contributed by atoms with E-state index < -0.39 is 5.97 Å². The molecule has 1 aromatic heterocycles. The third kappa shape index (κ3) is 3.77. The van der Waals surface area contributed by atoms with Crippen molar-refractivity contribution in [2.24, 2.45) is 5.92 Å². The van der Waals surface area contributed by atoms with E-state index in [0.717, 1.165) is 17.7 Å². The molecule has 2 rings (SSSR count). The summed E-state index contributed by atoms with van der Waals surface area (Å²) in [6.45, 7) is 1.90. The predicted molar refractivity (Wildman–Crippen MR) is 69.6 cm³/mol. The zero-order valence-corrected chi connectivity index (χ0v) is 10.9. The normalized spacial score (nSPS) is 22.2. The van der Waals surface area contributed by atoms with Crippen molar-refractivity contribution in [1.29, 1.82) is 0 Å². The topological polar surface area (TPSA) is 79.3 Å². The minimum atomic E-state index is -0.764. The summed E-state index contributed by atoms with van der Waals surface area (Å²) in [5, 5.41) is 11.8. The Kier molecular flexibility index (Phi) is 4.14. The number of carbonyl (C=O) groups is 2. The Bertz CT molecular complexity index is 470. The number of aromatic nitrogens is 1. The molecule has 1 amide bonds. The van der Waals surface area contributed by atoms with Gasteiger partial charge < -0.3 is 10.4 Å². The fraction of sp³-hybridized carbons (Fsp3) is 0.500. The average molecular weight is 262 g/mol. The molecule has 1 heterocycles. The first-order valence-electron chi connectivity index (χ1n) is 6.48. The molecule has 5 heteroatoms. The monoisotopic (exact) mass is 262 g/mol. The summed E-state index contributed by atoms with van der Waals surface area (Å²) in [7, 11) is 0. The number of carbonyl (C=O) groups excluding carboxylic acids is 1. The second kappa shape index (κ2) is 5.82. The molecule has 0 aliphatic heterocycles. The van der Waals surface area contributed by atoms with E-state index in [1.165, 1.54) is 0 Å². The minimum absolute atomic E-state index is 0.00740. The van der Waals surface area contributed by atoms with Crippen LogP contribution in [0.25, 0.3) is 0 Å². The Balaban J connectivity index is 1.82. The molecule has 1 aromatic rings. The average Bonchev–Trinajstić information content (AvgIpc) is 2.80. The molecule has 19 heavy (non-hydrogen) atoms. The quantitative estimate of drug-likeness (QED) is 0.857. The van der Waals surface area contributed by atoms with Gasteiger partial charge in [-0.15, -0.1) is 0 Å². The van der Waals surface area contributed by atoms with Gasteiger partial charge in [0.2, 0.25) is 5.91 Å². The van der Waals surface area contributed by atoms with Gasteiger partial charge in [0.25, 0.3) is 0 Å². The molecule has 0 unspecified atom stereocenters. The number of pyridine rings is 1. The largest absolute Gasteiger partial charge is 0.481 e. The lowest BCUT2D eigenvalue weighted by molar-refractivity contribution is -0.141. The molecular formula is C14H18N2O3. The van der Waals surface area contributed by atoms with Crippen LogP contribution < -0.4 is 5.32 Å². The van der Waals surface area contributed by atoms with E-state index in [4.69, 9.17) is 5.11 Å². The van der Waals surface area contributed by atoms with Gasteiger partial charge in [0.15, 0.2) is 0 Å². The van der Waals surface area contributed by atoms with Crippen LogP contribution in [0.4, 0.5) is 0 Å². The Morgan fingerprint density at radius 3 is 2.79 bits per heavy atom. The molecule has 0 saturated heterocycles. The van der Waals surface area contributed by atoms with Crippen LogP contribution in [0.15, 0.2) is 18.3 Å². The van der Waals surface area contributed by atoms with E-state index in [9.17, 15) is 9.59 Å².